The van der Waals surface area contributed by atoms with E-state index in [-0.39, 0.29) is 6.61 Å². The van der Waals surface area contributed by atoms with Crippen molar-refractivity contribution in [2.75, 3.05) is 44.6 Å². The van der Waals surface area contributed by atoms with E-state index < -0.39 is 11.8 Å². The number of anilines is 1. The summed E-state index contributed by atoms with van der Waals surface area (Å²) in [5, 5.41) is 11.5. The van der Waals surface area contributed by atoms with Gasteiger partial charge in [-0.25, -0.2) is 0 Å². The SMILES string of the molecule is CCc1ccc(NC(=O)C(=O)N2CCN(CCO)CC2)cc1. The zero-order valence-corrected chi connectivity index (χ0v) is 12.9. The minimum atomic E-state index is -0.597. The van der Waals surface area contributed by atoms with Gasteiger partial charge in [0.15, 0.2) is 0 Å². The Morgan fingerprint density at radius 3 is 2.32 bits per heavy atom. The first-order valence-electron chi connectivity index (χ1n) is 7.66. The van der Waals surface area contributed by atoms with Gasteiger partial charge in [-0.15, -0.1) is 0 Å². The minimum absolute atomic E-state index is 0.113. The number of nitrogens with zero attached hydrogens (tertiary/aromatic N) is 2. The molecule has 0 atom stereocenters. The lowest BCUT2D eigenvalue weighted by Crippen LogP contribution is -2.52. The van der Waals surface area contributed by atoms with Gasteiger partial charge in [-0.1, -0.05) is 19.1 Å². The maximum Gasteiger partial charge on any atom is 0.313 e. The number of benzene rings is 1. The van der Waals surface area contributed by atoms with E-state index in [1.165, 1.54) is 5.56 Å². The van der Waals surface area contributed by atoms with E-state index in [4.69, 9.17) is 5.11 Å². The molecule has 2 amide bonds. The number of amides is 2. The number of aliphatic hydroxyl groups is 1. The third-order valence-electron chi connectivity index (χ3n) is 3.89. The fourth-order valence-corrected chi connectivity index (χ4v) is 2.47. The van der Waals surface area contributed by atoms with E-state index in [2.05, 4.69) is 17.1 Å². The van der Waals surface area contributed by atoms with Crippen molar-refractivity contribution in [3.63, 3.8) is 0 Å². The average molecular weight is 305 g/mol. The number of hydrogen-bond acceptors (Lipinski definition) is 4. The van der Waals surface area contributed by atoms with Crippen LogP contribution in [-0.4, -0.2) is 66.1 Å². The Morgan fingerprint density at radius 1 is 1.14 bits per heavy atom. The van der Waals surface area contributed by atoms with Crippen LogP contribution in [0.2, 0.25) is 0 Å². The molecular formula is C16H23N3O3. The first-order chi connectivity index (χ1) is 10.6. The number of rotatable bonds is 4. The molecule has 1 fully saturated rings. The molecule has 2 rings (SSSR count). The van der Waals surface area contributed by atoms with Crippen molar-refractivity contribution in [3.8, 4) is 0 Å². The summed E-state index contributed by atoms with van der Waals surface area (Å²) in [5.41, 5.74) is 1.82. The average Bonchev–Trinajstić information content (AvgIpc) is 2.56. The third-order valence-corrected chi connectivity index (χ3v) is 3.89. The van der Waals surface area contributed by atoms with Crippen LogP contribution in [0.25, 0.3) is 0 Å². The van der Waals surface area contributed by atoms with Gasteiger partial charge in [0.05, 0.1) is 6.61 Å². The second kappa shape index (κ2) is 7.91. The Bertz CT molecular complexity index is 508. The fraction of sp³-hybridized carbons (Fsp3) is 0.500. The zero-order chi connectivity index (χ0) is 15.9. The molecule has 0 radical (unpaired) electrons. The molecule has 0 unspecified atom stereocenters. The van der Waals surface area contributed by atoms with Crippen molar-refractivity contribution in [2.24, 2.45) is 0 Å². The molecule has 6 heteroatoms. The topological polar surface area (TPSA) is 72.9 Å². The van der Waals surface area contributed by atoms with Crippen molar-refractivity contribution in [1.29, 1.82) is 0 Å². The lowest BCUT2D eigenvalue weighted by molar-refractivity contribution is -0.144. The molecule has 0 aliphatic carbocycles. The highest BCUT2D eigenvalue weighted by molar-refractivity contribution is 6.39. The Kier molecular flexibility index (Phi) is 5.91. The highest BCUT2D eigenvalue weighted by atomic mass is 16.3. The highest BCUT2D eigenvalue weighted by Gasteiger charge is 2.25. The quantitative estimate of drug-likeness (QED) is 0.786. The van der Waals surface area contributed by atoms with Gasteiger partial charge in [0, 0.05) is 38.4 Å². The van der Waals surface area contributed by atoms with Crippen LogP contribution in [0.1, 0.15) is 12.5 Å². The van der Waals surface area contributed by atoms with Crippen LogP contribution in [0, 0.1) is 0 Å². The van der Waals surface area contributed by atoms with Crippen LogP contribution < -0.4 is 5.32 Å². The summed E-state index contributed by atoms with van der Waals surface area (Å²) in [6.45, 7) is 5.19. The predicted molar refractivity (Wildman–Crippen MR) is 84.6 cm³/mol. The molecule has 1 aliphatic heterocycles. The minimum Gasteiger partial charge on any atom is -0.395 e. The third kappa shape index (κ3) is 4.29. The molecule has 120 valence electrons. The second-order valence-electron chi connectivity index (χ2n) is 5.36. The summed E-state index contributed by atoms with van der Waals surface area (Å²) in [6, 6.07) is 7.49. The van der Waals surface area contributed by atoms with Gasteiger partial charge >= 0.3 is 11.8 Å². The van der Waals surface area contributed by atoms with Crippen molar-refractivity contribution >= 4 is 17.5 Å². The Morgan fingerprint density at radius 2 is 1.77 bits per heavy atom. The van der Waals surface area contributed by atoms with Crippen LogP contribution in [-0.2, 0) is 16.0 Å². The van der Waals surface area contributed by atoms with E-state index in [0.717, 1.165) is 6.42 Å². The van der Waals surface area contributed by atoms with Gasteiger partial charge in [0.1, 0.15) is 0 Å². The molecule has 1 aromatic rings. The summed E-state index contributed by atoms with van der Waals surface area (Å²) < 4.78 is 0. The van der Waals surface area contributed by atoms with E-state index in [1.54, 1.807) is 4.90 Å². The number of β-amino-alcohol motifs (C(OH)–C–C–N with tert-alkyl or cyclic N) is 1. The fourth-order valence-electron chi connectivity index (χ4n) is 2.47. The molecule has 0 aromatic heterocycles. The molecule has 2 N–H and O–H groups in total. The lowest BCUT2D eigenvalue weighted by atomic mass is 10.1. The van der Waals surface area contributed by atoms with Gasteiger partial charge in [-0.05, 0) is 24.1 Å². The summed E-state index contributed by atoms with van der Waals surface area (Å²) in [4.78, 5) is 27.8. The second-order valence-corrected chi connectivity index (χ2v) is 5.36. The maximum absolute atomic E-state index is 12.1. The van der Waals surface area contributed by atoms with Gasteiger partial charge in [-0.3, -0.25) is 14.5 Å². The molecular weight excluding hydrogens is 282 g/mol. The summed E-state index contributed by atoms with van der Waals surface area (Å²) in [5.74, 6) is -1.09. The van der Waals surface area contributed by atoms with Gasteiger partial charge < -0.3 is 15.3 Å². The molecule has 1 heterocycles. The summed E-state index contributed by atoms with van der Waals surface area (Å²) >= 11 is 0. The van der Waals surface area contributed by atoms with Gasteiger partial charge in [-0.2, -0.15) is 0 Å². The smallest absolute Gasteiger partial charge is 0.313 e. The van der Waals surface area contributed by atoms with Crippen LogP contribution in [0.4, 0.5) is 5.69 Å². The largest absolute Gasteiger partial charge is 0.395 e. The highest BCUT2D eigenvalue weighted by Crippen LogP contribution is 2.10. The Labute approximate surface area is 130 Å². The van der Waals surface area contributed by atoms with E-state index in [9.17, 15) is 9.59 Å². The number of piperazine rings is 1. The molecule has 1 aliphatic rings. The number of nitrogens with one attached hydrogen (secondary N) is 1. The first kappa shape index (κ1) is 16.5. The lowest BCUT2D eigenvalue weighted by Gasteiger charge is -2.33. The Hall–Kier alpha value is -1.92. The standard InChI is InChI=1S/C16H23N3O3/c1-2-13-3-5-14(6-4-13)17-15(21)16(22)19-9-7-18(8-10-19)11-12-20/h3-6,20H,2,7-12H2,1H3,(H,17,21). The number of carbonyl (C=O) groups excluding carboxylic acids is 2. The molecule has 0 bridgehead atoms. The predicted octanol–water partition coefficient (Wildman–Crippen LogP) is 0.324. The number of hydrogen-bond donors (Lipinski definition) is 2. The van der Waals surface area contributed by atoms with Crippen molar-refractivity contribution in [3.05, 3.63) is 29.8 Å². The van der Waals surface area contributed by atoms with E-state index >= 15 is 0 Å². The number of carbonyl (C=O) groups is 2. The summed E-state index contributed by atoms with van der Waals surface area (Å²) in [6.07, 6.45) is 0.936. The first-order valence-corrected chi connectivity index (χ1v) is 7.66. The molecule has 6 nitrogen and oxygen atoms in total. The van der Waals surface area contributed by atoms with Gasteiger partial charge in [0.2, 0.25) is 0 Å². The van der Waals surface area contributed by atoms with Crippen LogP contribution >= 0.6 is 0 Å². The van der Waals surface area contributed by atoms with Crippen LogP contribution in [0.5, 0.6) is 0 Å². The van der Waals surface area contributed by atoms with E-state index in [0.29, 0.717) is 38.4 Å². The van der Waals surface area contributed by atoms with Gasteiger partial charge in [0.25, 0.3) is 0 Å². The zero-order valence-electron chi connectivity index (χ0n) is 12.9. The molecule has 0 saturated carbocycles. The molecule has 1 saturated heterocycles. The monoisotopic (exact) mass is 305 g/mol. The van der Waals surface area contributed by atoms with E-state index in [1.807, 2.05) is 24.3 Å². The van der Waals surface area contributed by atoms with Crippen molar-refractivity contribution in [1.82, 2.24) is 9.80 Å². The summed E-state index contributed by atoms with van der Waals surface area (Å²) in [7, 11) is 0. The molecule has 1 aromatic carbocycles. The number of aliphatic hydroxyl groups excluding tert-OH is 1. The number of aryl methyl sites for hydroxylation is 1. The van der Waals surface area contributed by atoms with Crippen LogP contribution in [0.3, 0.4) is 0 Å². The molecule has 0 spiro atoms. The normalized spacial score (nSPS) is 15.6. The maximum atomic E-state index is 12.1. The Balaban J connectivity index is 1.85. The molecule has 22 heavy (non-hydrogen) atoms. The van der Waals surface area contributed by atoms with Crippen molar-refractivity contribution < 1.29 is 14.7 Å². The van der Waals surface area contributed by atoms with Crippen molar-refractivity contribution in [2.45, 2.75) is 13.3 Å². The van der Waals surface area contributed by atoms with Crippen LogP contribution in [0.15, 0.2) is 24.3 Å².